The van der Waals surface area contributed by atoms with Crippen LogP contribution in [0.5, 0.6) is 0 Å². The van der Waals surface area contributed by atoms with Gasteiger partial charge in [0, 0.05) is 26.2 Å². The molecule has 0 saturated carbocycles. The van der Waals surface area contributed by atoms with Gasteiger partial charge in [-0.15, -0.1) is 5.10 Å². The largest absolute Gasteiger partial charge is 0.408 e. The zero-order valence-electron chi connectivity index (χ0n) is 12.9. The summed E-state index contributed by atoms with van der Waals surface area (Å²) in [5.41, 5.74) is 0. The number of tetrazole rings is 1. The average molecular weight is 322 g/mol. The normalized spacial score (nSPS) is 23.6. The molecule has 0 N–H and O–H groups in total. The minimum atomic E-state index is -4.33. The maximum Gasteiger partial charge on any atom is 0.408 e. The molecule has 0 amide bonds. The molecule has 2 rings (SSSR count). The summed E-state index contributed by atoms with van der Waals surface area (Å²) < 4.78 is 43.5. The molecule has 7 nitrogen and oxygen atoms in total. The maximum absolute atomic E-state index is 12.4. The summed E-state index contributed by atoms with van der Waals surface area (Å²) in [5, 5.41) is 10.4. The number of aromatic nitrogens is 4. The first-order valence-corrected chi connectivity index (χ1v) is 7.02. The number of hydrogen-bond acceptors (Lipinski definition) is 6. The van der Waals surface area contributed by atoms with Crippen molar-refractivity contribution in [2.24, 2.45) is 0 Å². The smallest absolute Gasteiger partial charge is 0.380 e. The highest BCUT2D eigenvalue weighted by Crippen LogP contribution is 2.20. The summed E-state index contributed by atoms with van der Waals surface area (Å²) in [7, 11) is 5.56. The predicted molar refractivity (Wildman–Crippen MR) is 72.0 cm³/mol. The van der Waals surface area contributed by atoms with Gasteiger partial charge in [-0.1, -0.05) is 0 Å². The summed E-state index contributed by atoms with van der Waals surface area (Å²) in [6, 6.07) is 0.307. The Morgan fingerprint density at radius 1 is 1.41 bits per heavy atom. The number of hydrogen-bond donors (Lipinski definition) is 0. The summed E-state index contributed by atoms with van der Waals surface area (Å²) in [6.45, 7) is 0.680. The van der Waals surface area contributed by atoms with Crippen LogP contribution in [0.25, 0.3) is 0 Å². The predicted octanol–water partition coefficient (Wildman–Crippen LogP) is 0.386. The quantitative estimate of drug-likeness (QED) is 0.755. The Morgan fingerprint density at radius 2 is 2.14 bits per heavy atom. The van der Waals surface area contributed by atoms with Gasteiger partial charge < -0.3 is 4.74 Å². The minimum Gasteiger partial charge on any atom is -0.380 e. The fourth-order valence-electron chi connectivity index (χ4n) is 2.71. The molecule has 0 spiro atoms. The summed E-state index contributed by atoms with van der Waals surface area (Å²) in [5.74, 6) is 0.212. The molecule has 1 saturated heterocycles. The van der Waals surface area contributed by atoms with E-state index in [4.69, 9.17) is 4.74 Å². The molecule has 1 aliphatic heterocycles. The van der Waals surface area contributed by atoms with E-state index >= 15 is 0 Å². The second-order valence-electron chi connectivity index (χ2n) is 5.75. The standard InChI is InChI=1S/C12H21F3N6O/c1-19(5-9-4-10(22-3)6-20(9)2)7-11-16-17-18-21(11)8-12(13,14)15/h9-10H,4-8H2,1-3H3/t9-,10-/m0/s1. The van der Waals surface area contributed by atoms with E-state index in [0.29, 0.717) is 6.04 Å². The van der Waals surface area contributed by atoms with Crippen LogP contribution in [0.1, 0.15) is 12.2 Å². The van der Waals surface area contributed by atoms with Gasteiger partial charge in [-0.3, -0.25) is 9.80 Å². The third-order valence-electron chi connectivity index (χ3n) is 3.85. The van der Waals surface area contributed by atoms with Crippen molar-refractivity contribution in [2.45, 2.75) is 37.8 Å². The van der Waals surface area contributed by atoms with Crippen molar-refractivity contribution in [2.75, 3.05) is 34.3 Å². The van der Waals surface area contributed by atoms with Crippen LogP contribution in [0.2, 0.25) is 0 Å². The maximum atomic E-state index is 12.4. The van der Waals surface area contributed by atoms with Gasteiger partial charge in [0.15, 0.2) is 5.82 Å². The van der Waals surface area contributed by atoms with E-state index in [-0.39, 0.29) is 18.5 Å². The van der Waals surface area contributed by atoms with Gasteiger partial charge in [0.05, 0.1) is 12.6 Å². The van der Waals surface area contributed by atoms with Gasteiger partial charge in [-0.2, -0.15) is 13.2 Å². The average Bonchev–Trinajstić information content (AvgIpc) is 2.96. The van der Waals surface area contributed by atoms with Crippen LogP contribution >= 0.6 is 0 Å². The summed E-state index contributed by atoms with van der Waals surface area (Å²) in [6.07, 6.45) is -3.22. The van der Waals surface area contributed by atoms with Crippen LogP contribution in [-0.4, -0.2) is 82.6 Å². The third kappa shape index (κ3) is 4.62. The Bertz CT molecular complexity index is 480. The number of alkyl halides is 3. The van der Waals surface area contributed by atoms with Crippen molar-refractivity contribution in [3.05, 3.63) is 5.82 Å². The molecule has 0 unspecified atom stereocenters. The molecule has 1 aromatic rings. The number of rotatable bonds is 6. The Balaban J connectivity index is 1.90. The van der Waals surface area contributed by atoms with Gasteiger partial charge >= 0.3 is 6.18 Å². The van der Waals surface area contributed by atoms with Crippen LogP contribution < -0.4 is 0 Å². The fraction of sp³-hybridized carbons (Fsp3) is 0.917. The van der Waals surface area contributed by atoms with Gasteiger partial charge in [0.25, 0.3) is 0 Å². The SMILES string of the molecule is CO[C@H]1C[C@@H](CN(C)Cc2nnnn2CC(F)(F)F)N(C)C1. The van der Waals surface area contributed by atoms with Gasteiger partial charge in [-0.25, -0.2) is 4.68 Å². The van der Waals surface area contributed by atoms with E-state index in [2.05, 4.69) is 20.4 Å². The highest BCUT2D eigenvalue weighted by atomic mass is 19.4. The third-order valence-corrected chi connectivity index (χ3v) is 3.85. The molecule has 1 fully saturated rings. The second-order valence-corrected chi connectivity index (χ2v) is 5.75. The number of likely N-dealkylation sites (tertiary alicyclic amines) is 1. The number of likely N-dealkylation sites (N-methyl/N-ethyl adjacent to an activating group) is 2. The van der Waals surface area contributed by atoms with Crippen LogP contribution in [-0.2, 0) is 17.8 Å². The summed E-state index contributed by atoms with van der Waals surface area (Å²) in [4.78, 5) is 4.13. The molecule has 0 bridgehead atoms. The van der Waals surface area contributed by atoms with Crippen molar-refractivity contribution in [3.63, 3.8) is 0 Å². The van der Waals surface area contributed by atoms with Crippen molar-refractivity contribution < 1.29 is 17.9 Å². The van der Waals surface area contributed by atoms with E-state index in [9.17, 15) is 13.2 Å². The van der Waals surface area contributed by atoms with Gasteiger partial charge in [0.1, 0.15) is 6.54 Å². The molecule has 1 aliphatic rings. The minimum absolute atomic E-state index is 0.207. The first-order chi connectivity index (χ1) is 10.3. The molecule has 2 atom stereocenters. The van der Waals surface area contributed by atoms with E-state index in [1.165, 1.54) is 0 Å². The lowest BCUT2D eigenvalue weighted by Gasteiger charge is -2.25. The molecule has 126 valence electrons. The number of nitrogens with zero attached hydrogens (tertiary/aromatic N) is 6. The Morgan fingerprint density at radius 3 is 2.73 bits per heavy atom. The Hall–Kier alpha value is -1.26. The lowest BCUT2D eigenvalue weighted by atomic mass is 10.2. The molecule has 0 aliphatic carbocycles. The monoisotopic (exact) mass is 322 g/mol. The number of halogens is 3. The van der Waals surface area contributed by atoms with Crippen LogP contribution in [0.4, 0.5) is 13.2 Å². The van der Waals surface area contributed by atoms with Crippen LogP contribution in [0, 0.1) is 0 Å². The van der Waals surface area contributed by atoms with Gasteiger partial charge in [0.2, 0.25) is 0 Å². The topological polar surface area (TPSA) is 59.3 Å². The molecule has 22 heavy (non-hydrogen) atoms. The van der Waals surface area contributed by atoms with Crippen molar-refractivity contribution in [1.82, 2.24) is 30.0 Å². The molecule has 2 heterocycles. The van der Waals surface area contributed by atoms with Crippen molar-refractivity contribution in [3.8, 4) is 0 Å². The van der Waals surface area contributed by atoms with Crippen molar-refractivity contribution in [1.29, 1.82) is 0 Å². The van der Waals surface area contributed by atoms with Crippen LogP contribution in [0.15, 0.2) is 0 Å². The zero-order valence-corrected chi connectivity index (χ0v) is 12.9. The lowest BCUT2D eigenvalue weighted by Crippen LogP contribution is -2.37. The number of ether oxygens (including phenoxy) is 1. The second kappa shape index (κ2) is 6.88. The molecule has 0 radical (unpaired) electrons. The highest BCUT2D eigenvalue weighted by Gasteiger charge is 2.32. The molecular weight excluding hydrogens is 301 g/mol. The Labute approximate surface area is 127 Å². The lowest BCUT2D eigenvalue weighted by molar-refractivity contribution is -0.143. The highest BCUT2D eigenvalue weighted by molar-refractivity contribution is 4.88. The zero-order chi connectivity index (χ0) is 16.3. The molecular formula is C12H21F3N6O. The molecule has 10 heteroatoms. The van der Waals surface area contributed by atoms with Crippen LogP contribution in [0.3, 0.4) is 0 Å². The fourth-order valence-corrected chi connectivity index (χ4v) is 2.71. The van der Waals surface area contributed by atoms with E-state index in [0.717, 1.165) is 24.2 Å². The van der Waals surface area contributed by atoms with E-state index in [1.54, 1.807) is 7.11 Å². The molecule has 0 aromatic carbocycles. The van der Waals surface area contributed by atoms with E-state index in [1.807, 2.05) is 19.0 Å². The van der Waals surface area contributed by atoms with Gasteiger partial charge in [-0.05, 0) is 30.9 Å². The molecule has 1 aromatic heterocycles. The Kier molecular flexibility index (Phi) is 5.35. The van der Waals surface area contributed by atoms with Crippen molar-refractivity contribution >= 4 is 0 Å². The first kappa shape index (κ1) is 17.1. The first-order valence-electron chi connectivity index (χ1n) is 7.02. The van der Waals surface area contributed by atoms with E-state index < -0.39 is 12.7 Å². The summed E-state index contributed by atoms with van der Waals surface area (Å²) >= 11 is 0. The number of methoxy groups -OCH3 is 1.